The van der Waals surface area contributed by atoms with Crippen LogP contribution in [0.15, 0.2) is 54.6 Å². The first-order chi connectivity index (χ1) is 13.7. The number of aliphatic hydroxyl groups excluding tert-OH is 1. The summed E-state index contributed by atoms with van der Waals surface area (Å²) in [7, 11) is 2.14. The zero-order valence-electron chi connectivity index (χ0n) is 16.2. The summed E-state index contributed by atoms with van der Waals surface area (Å²) in [5, 5.41) is 11.5. The van der Waals surface area contributed by atoms with Crippen LogP contribution >= 0.6 is 11.3 Å². The van der Waals surface area contributed by atoms with Crippen molar-refractivity contribution in [2.45, 2.75) is 25.0 Å². The number of anilines is 1. The number of nitrogens with zero attached hydrogens (tertiary/aromatic N) is 3. The number of hydrogen-bond donors (Lipinski definition) is 1. The normalized spacial score (nSPS) is 18.9. The number of likely N-dealkylation sites (tertiary alicyclic amines) is 1. The Kier molecular flexibility index (Phi) is 6.10. The number of aliphatic hydroxyl groups is 1. The van der Waals surface area contributed by atoms with Gasteiger partial charge in [0.1, 0.15) is 18.5 Å². The van der Waals surface area contributed by atoms with Crippen molar-refractivity contribution in [3.63, 3.8) is 0 Å². The maximum absolute atomic E-state index is 10.4. The van der Waals surface area contributed by atoms with Crippen LogP contribution in [0.25, 0.3) is 10.2 Å². The van der Waals surface area contributed by atoms with Gasteiger partial charge < -0.3 is 14.7 Å². The van der Waals surface area contributed by atoms with Gasteiger partial charge in [0.05, 0.1) is 10.2 Å². The van der Waals surface area contributed by atoms with Crippen molar-refractivity contribution in [2.75, 3.05) is 38.2 Å². The Labute approximate surface area is 170 Å². The molecule has 3 aromatic rings. The average Bonchev–Trinajstić information content (AvgIpc) is 3.17. The summed E-state index contributed by atoms with van der Waals surface area (Å²) in [4.78, 5) is 9.45. The van der Waals surface area contributed by atoms with Crippen molar-refractivity contribution < 1.29 is 9.84 Å². The average molecular weight is 398 g/mol. The quantitative estimate of drug-likeness (QED) is 0.660. The van der Waals surface area contributed by atoms with E-state index in [4.69, 9.17) is 9.72 Å². The second-order valence-corrected chi connectivity index (χ2v) is 8.42. The molecule has 1 saturated heterocycles. The Morgan fingerprint density at radius 1 is 1.21 bits per heavy atom. The predicted octanol–water partition coefficient (Wildman–Crippen LogP) is 3.64. The summed E-state index contributed by atoms with van der Waals surface area (Å²) in [5.74, 6) is 0.800. The Balaban J connectivity index is 1.32. The van der Waals surface area contributed by atoms with Crippen LogP contribution in [0.2, 0.25) is 0 Å². The van der Waals surface area contributed by atoms with E-state index >= 15 is 0 Å². The molecule has 2 heterocycles. The van der Waals surface area contributed by atoms with Gasteiger partial charge in [-0.2, -0.15) is 0 Å². The van der Waals surface area contributed by atoms with Gasteiger partial charge in [-0.3, -0.25) is 4.90 Å². The number of para-hydroxylation sites is 2. The molecule has 2 unspecified atom stereocenters. The monoisotopic (exact) mass is 397 g/mol. The summed E-state index contributed by atoms with van der Waals surface area (Å²) in [6, 6.07) is 18.4. The molecular weight excluding hydrogens is 370 g/mol. The smallest absolute Gasteiger partial charge is 0.186 e. The number of hydrogen-bond acceptors (Lipinski definition) is 6. The lowest BCUT2D eigenvalue weighted by Crippen LogP contribution is -2.49. The topological polar surface area (TPSA) is 48.8 Å². The van der Waals surface area contributed by atoms with Gasteiger partial charge in [0.15, 0.2) is 5.13 Å². The minimum absolute atomic E-state index is 0.318. The lowest BCUT2D eigenvalue weighted by Gasteiger charge is -2.38. The number of β-amino-alcohol motifs (C(OH)–C–C–N with tert-alkyl or cyclic N) is 1. The lowest BCUT2D eigenvalue weighted by molar-refractivity contribution is 0.0584. The van der Waals surface area contributed by atoms with Crippen LogP contribution in [0.1, 0.15) is 12.8 Å². The minimum atomic E-state index is -0.494. The van der Waals surface area contributed by atoms with Crippen LogP contribution in [-0.4, -0.2) is 60.4 Å². The van der Waals surface area contributed by atoms with Crippen molar-refractivity contribution in [3.05, 3.63) is 54.6 Å². The van der Waals surface area contributed by atoms with E-state index in [1.807, 2.05) is 36.4 Å². The molecule has 0 saturated carbocycles. The summed E-state index contributed by atoms with van der Waals surface area (Å²) in [5.41, 5.74) is 1.07. The maximum Gasteiger partial charge on any atom is 0.186 e. The van der Waals surface area contributed by atoms with E-state index < -0.39 is 6.10 Å². The molecule has 2 aromatic carbocycles. The number of ether oxygens (including phenoxy) is 1. The molecule has 1 fully saturated rings. The van der Waals surface area contributed by atoms with Crippen molar-refractivity contribution in [1.29, 1.82) is 0 Å². The fraction of sp³-hybridized carbons (Fsp3) is 0.409. The van der Waals surface area contributed by atoms with Gasteiger partial charge in [0.2, 0.25) is 0 Å². The van der Waals surface area contributed by atoms with Gasteiger partial charge in [-0.1, -0.05) is 41.7 Å². The first kappa shape index (κ1) is 19.2. The lowest BCUT2D eigenvalue weighted by atomic mass is 10.0. The zero-order valence-corrected chi connectivity index (χ0v) is 17.0. The number of likely N-dealkylation sites (N-methyl/N-ethyl adjacent to an activating group) is 1. The molecule has 1 aliphatic rings. The van der Waals surface area contributed by atoms with Crippen LogP contribution in [0, 0.1) is 0 Å². The summed E-state index contributed by atoms with van der Waals surface area (Å²) in [6.07, 6.45) is 1.79. The third-order valence-corrected chi connectivity index (χ3v) is 6.39. The summed E-state index contributed by atoms with van der Waals surface area (Å²) >= 11 is 1.75. The predicted molar refractivity (Wildman–Crippen MR) is 115 cm³/mol. The van der Waals surface area contributed by atoms with Gasteiger partial charge in [-0.05, 0) is 43.7 Å². The highest BCUT2D eigenvalue weighted by Crippen LogP contribution is 2.30. The van der Waals surface area contributed by atoms with E-state index in [2.05, 4.69) is 35.0 Å². The SMILES string of the molecule is CN(c1nc2ccccc2s1)C1CCCN(CC(O)COc2ccccc2)C1. The fourth-order valence-corrected chi connectivity index (χ4v) is 4.74. The van der Waals surface area contributed by atoms with Crippen LogP contribution in [-0.2, 0) is 0 Å². The molecule has 6 heteroatoms. The highest BCUT2D eigenvalue weighted by Gasteiger charge is 2.26. The van der Waals surface area contributed by atoms with E-state index in [0.717, 1.165) is 42.3 Å². The Hall–Kier alpha value is -2.15. The van der Waals surface area contributed by atoms with Crippen LogP contribution in [0.4, 0.5) is 5.13 Å². The first-order valence-corrected chi connectivity index (χ1v) is 10.7. The number of piperidine rings is 1. The third kappa shape index (κ3) is 4.63. The fourth-order valence-electron chi connectivity index (χ4n) is 3.74. The molecule has 4 rings (SSSR count). The van der Waals surface area contributed by atoms with Crippen molar-refractivity contribution in [2.24, 2.45) is 0 Å². The molecular formula is C22H27N3O2S. The largest absolute Gasteiger partial charge is 0.491 e. The number of rotatable bonds is 7. The molecule has 0 amide bonds. The molecule has 1 aromatic heterocycles. The number of aromatic nitrogens is 1. The highest BCUT2D eigenvalue weighted by atomic mass is 32.1. The molecule has 0 aliphatic carbocycles. The molecule has 1 aliphatic heterocycles. The first-order valence-electron chi connectivity index (χ1n) is 9.86. The molecule has 1 N–H and O–H groups in total. The highest BCUT2D eigenvalue weighted by molar-refractivity contribution is 7.22. The van der Waals surface area contributed by atoms with Crippen molar-refractivity contribution in [1.82, 2.24) is 9.88 Å². The standard InChI is InChI=1S/C22H27N3O2S/c1-24(22-23-20-11-5-6-12-21(20)28-22)17-8-7-13-25(14-17)15-18(26)16-27-19-9-3-2-4-10-19/h2-6,9-12,17-18,26H,7-8,13-16H2,1H3. The van der Waals surface area contributed by atoms with Crippen LogP contribution in [0.5, 0.6) is 5.75 Å². The van der Waals surface area contributed by atoms with E-state index in [1.54, 1.807) is 11.3 Å². The molecule has 5 nitrogen and oxygen atoms in total. The second-order valence-electron chi connectivity index (χ2n) is 7.41. The van der Waals surface area contributed by atoms with Gasteiger partial charge in [-0.25, -0.2) is 4.98 Å². The summed E-state index contributed by atoms with van der Waals surface area (Å²) in [6.45, 7) is 2.91. The van der Waals surface area contributed by atoms with Crippen LogP contribution in [0.3, 0.4) is 0 Å². The van der Waals surface area contributed by atoms with Crippen molar-refractivity contribution >= 4 is 26.7 Å². The van der Waals surface area contributed by atoms with Crippen molar-refractivity contribution in [3.8, 4) is 5.75 Å². The molecule has 0 spiro atoms. The van der Waals surface area contributed by atoms with Crippen LogP contribution < -0.4 is 9.64 Å². The molecule has 148 valence electrons. The number of benzene rings is 2. The van der Waals surface area contributed by atoms with Gasteiger partial charge in [0, 0.05) is 26.2 Å². The molecule has 0 bridgehead atoms. The summed E-state index contributed by atoms with van der Waals surface area (Å²) < 4.78 is 6.92. The van der Waals surface area contributed by atoms with E-state index in [0.29, 0.717) is 19.2 Å². The minimum Gasteiger partial charge on any atom is -0.491 e. The maximum atomic E-state index is 10.4. The van der Waals surface area contributed by atoms with Gasteiger partial charge in [0.25, 0.3) is 0 Å². The van der Waals surface area contributed by atoms with Gasteiger partial charge >= 0.3 is 0 Å². The zero-order chi connectivity index (χ0) is 19.3. The number of fused-ring (bicyclic) bond motifs is 1. The van der Waals surface area contributed by atoms with E-state index in [9.17, 15) is 5.11 Å². The molecule has 0 radical (unpaired) electrons. The molecule has 28 heavy (non-hydrogen) atoms. The van der Waals surface area contributed by atoms with E-state index in [1.165, 1.54) is 4.70 Å². The van der Waals surface area contributed by atoms with E-state index in [-0.39, 0.29) is 0 Å². The molecule has 2 atom stereocenters. The Morgan fingerprint density at radius 3 is 2.82 bits per heavy atom. The second kappa shape index (κ2) is 8.90. The third-order valence-electron chi connectivity index (χ3n) is 5.27. The Bertz CT molecular complexity index is 853. The number of thiazole rings is 1. The van der Waals surface area contributed by atoms with Gasteiger partial charge in [-0.15, -0.1) is 0 Å². The Morgan fingerprint density at radius 2 is 2.00 bits per heavy atom.